The van der Waals surface area contributed by atoms with Crippen LogP contribution >= 0.6 is 23.2 Å². The largest absolute Gasteiger partial charge is 0.489 e. The van der Waals surface area contributed by atoms with Gasteiger partial charge in [0.25, 0.3) is 0 Å². The van der Waals surface area contributed by atoms with E-state index in [2.05, 4.69) is 52.6 Å². The lowest BCUT2D eigenvalue weighted by molar-refractivity contribution is 0.304. The zero-order valence-electron chi connectivity index (χ0n) is 23.6. The van der Waals surface area contributed by atoms with Crippen molar-refractivity contribution in [2.24, 2.45) is 0 Å². The van der Waals surface area contributed by atoms with Crippen LogP contribution in [0.1, 0.15) is 63.9 Å². The van der Waals surface area contributed by atoms with Gasteiger partial charge in [0.1, 0.15) is 29.7 Å². The highest BCUT2D eigenvalue weighted by Gasteiger charge is 2.16. The van der Waals surface area contributed by atoms with Gasteiger partial charge in [0.05, 0.1) is 11.2 Å². The number of aryl methyl sites for hydroxylation is 1. The number of halogens is 3. The zero-order chi connectivity index (χ0) is 28.8. The van der Waals surface area contributed by atoms with Crippen LogP contribution in [-0.4, -0.2) is 4.98 Å². The Bertz CT molecular complexity index is 1390. The first-order valence-corrected chi connectivity index (χ1v) is 13.6. The highest BCUT2D eigenvalue weighted by Crippen LogP contribution is 2.33. The SMILES string of the molecule is CC(C)(C)c1ccc(COc2cccc(F)c2)c(Cl)c1.Cc1ccc(Oc2ccc(C(C)(C)C)cc2Cl)cn1. The molecule has 0 unspecified atom stereocenters. The Kier molecular flexibility index (Phi) is 10.0. The monoisotopic (exact) mass is 567 g/mol. The van der Waals surface area contributed by atoms with Crippen molar-refractivity contribution in [2.45, 2.75) is 65.9 Å². The number of ether oxygens (including phenoxy) is 2. The lowest BCUT2D eigenvalue weighted by atomic mass is 9.87. The Balaban J connectivity index is 0.000000216. The van der Waals surface area contributed by atoms with Gasteiger partial charge in [-0.25, -0.2) is 4.39 Å². The van der Waals surface area contributed by atoms with Gasteiger partial charge < -0.3 is 9.47 Å². The molecule has 0 aliphatic heterocycles. The van der Waals surface area contributed by atoms with E-state index in [0.717, 1.165) is 11.3 Å². The summed E-state index contributed by atoms with van der Waals surface area (Å²) in [5, 5.41) is 1.29. The van der Waals surface area contributed by atoms with Crippen LogP contribution in [-0.2, 0) is 17.4 Å². The number of hydrogen-bond donors (Lipinski definition) is 0. The van der Waals surface area contributed by atoms with Gasteiger partial charge in [-0.1, -0.05) is 89.0 Å². The lowest BCUT2D eigenvalue weighted by Crippen LogP contribution is -2.11. The topological polar surface area (TPSA) is 31.4 Å². The molecule has 0 radical (unpaired) electrons. The number of benzene rings is 3. The van der Waals surface area contributed by atoms with Crippen molar-refractivity contribution < 1.29 is 13.9 Å². The van der Waals surface area contributed by atoms with Crippen LogP contribution in [0.2, 0.25) is 10.0 Å². The molecular formula is C33H36Cl2FNO2. The highest BCUT2D eigenvalue weighted by atomic mass is 35.5. The van der Waals surface area contributed by atoms with Gasteiger partial charge in [0, 0.05) is 22.3 Å². The molecule has 0 atom stereocenters. The third-order valence-corrected chi connectivity index (χ3v) is 6.67. The van der Waals surface area contributed by atoms with Crippen molar-refractivity contribution in [2.75, 3.05) is 0 Å². The number of pyridine rings is 1. The summed E-state index contributed by atoms with van der Waals surface area (Å²) in [6.45, 7) is 15.2. The van der Waals surface area contributed by atoms with E-state index >= 15 is 0 Å². The summed E-state index contributed by atoms with van der Waals surface area (Å²) in [6, 6.07) is 21.8. The molecule has 3 nitrogen and oxygen atoms in total. The predicted octanol–water partition coefficient (Wildman–Crippen LogP) is 10.5. The molecule has 0 aliphatic carbocycles. The molecule has 0 bridgehead atoms. The van der Waals surface area contributed by atoms with Crippen molar-refractivity contribution in [3.05, 3.63) is 117 Å². The van der Waals surface area contributed by atoms with Gasteiger partial charge in [-0.15, -0.1) is 0 Å². The van der Waals surface area contributed by atoms with Crippen LogP contribution in [0, 0.1) is 12.7 Å². The minimum atomic E-state index is -0.309. The fourth-order valence-electron chi connectivity index (χ4n) is 3.54. The third-order valence-electron chi connectivity index (χ3n) is 6.02. The highest BCUT2D eigenvalue weighted by molar-refractivity contribution is 6.32. The average molecular weight is 569 g/mol. The number of nitrogens with zero attached hydrogens (tertiary/aromatic N) is 1. The van der Waals surface area contributed by atoms with Crippen molar-refractivity contribution >= 4 is 23.2 Å². The second kappa shape index (κ2) is 12.8. The van der Waals surface area contributed by atoms with E-state index in [0.29, 0.717) is 33.9 Å². The standard InChI is InChI=1S/C17H18ClFO.C16H18ClNO/c1-17(2,3)13-8-7-12(16(18)9-13)11-20-15-6-4-5-14(19)10-15;1-11-5-7-13(10-18-11)19-15-8-6-12(9-14(15)17)16(2,3)4/h4-10H,11H2,1-3H3;5-10H,1-4H3. The van der Waals surface area contributed by atoms with E-state index in [1.165, 1.54) is 23.3 Å². The van der Waals surface area contributed by atoms with Gasteiger partial charge in [0.2, 0.25) is 0 Å². The first-order chi connectivity index (χ1) is 18.2. The van der Waals surface area contributed by atoms with Crippen molar-refractivity contribution in [3.63, 3.8) is 0 Å². The summed E-state index contributed by atoms with van der Waals surface area (Å²) in [7, 11) is 0. The van der Waals surface area contributed by atoms with Crippen LogP contribution < -0.4 is 9.47 Å². The summed E-state index contributed by atoms with van der Waals surface area (Å²) >= 11 is 12.6. The van der Waals surface area contributed by atoms with E-state index in [1.54, 1.807) is 18.3 Å². The van der Waals surface area contributed by atoms with Gasteiger partial charge in [-0.2, -0.15) is 0 Å². The van der Waals surface area contributed by atoms with E-state index in [-0.39, 0.29) is 16.6 Å². The molecular weight excluding hydrogens is 532 g/mol. The Morgan fingerprint density at radius 2 is 1.38 bits per heavy atom. The Hall–Kier alpha value is -3.08. The van der Waals surface area contributed by atoms with E-state index < -0.39 is 0 Å². The Morgan fingerprint density at radius 1 is 0.744 bits per heavy atom. The second-order valence-corrected chi connectivity index (χ2v) is 12.2. The minimum absolute atomic E-state index is 0.0611. The second-order valence-electron chi connectivity index (χ2n) is 11.4. The summed E-state index contributed by atoms with van der Waals surface area (Å²) in [5.41, 5.74) is 4.36. The smallest absolute Gasteiger partial charge is 0.146 e. The van der Waals surface area contributed by atoms with E-state index in [9.17, 15) is 4.39 Å². The van der Waals surface area contributed by atoms with Crippen molar-refractivity contribution in [1.82, 2.24) is 4.98 Å². The van der Waals surface area contributed by atoms with Gasteiger partial charge >= 0.3 is 0 Å². The van der Waals surface area contributed by atoms with Crippen LogP contribution in [0.5, 0.6) is 17.2 Å². The van der Waals surface area contributed by atoms with Gasteiger partial charge in [-0.05, 0) is 71.3 Å². The van der Waals surface area contributed by atoms with Crippen LogP contribution in [0.3, 0.4) is 0 Å². The molecule has 0 aliphatic rings. The Morgan fingerprint density at radius 3 is 1.92 bits per heavy atom. The van der Waals surface area contributed by atoms with Crippen LogP contribution in [0.15, 0.2) is 79.0 Å². The Labute approximate surface area is 241 Å². The third kappa shape index (κ3) is 9.26. The molecule has 4 rings (SSSR count). The molecule has 0 amide bonds. The molecule has 3 aromatic carbocycles. The number of hydrogen-bond acceptors (Lipinski definition) is 3. The molecule has 0 saturated carbocycles. The fourth-order valence-corrected chi connectivity index (χ4v) is 3.99. The van der Waals surface area contributed by atoms with E-state index in [1.807, 2.05) is 49.4 Å². The fraction of sp³-hybridized carbons (Fsp3) is 0.303. The average Bonchev–Trinajstić information content (AvgIpc) is 2.85. The maximum atomic E-state index is 13.1. The first-order valence-electron chi connectivity index (χ1n) is 12.8. The predicted molar refractivity (Wildman–Crippen MR) is 160 cm³/mol. The molecule has 6 heteroatoms. The molecule has 0 fully saturated rings. The molecule has 0 N–H and O–H groups in total. The summed E-state index contributed by atoms with van der Waals surface area (Å²) < 4.78 is 24.3. The minimum Gasteiger partial charge on any atom is -0.489 e. The van der Waals surface area contributed by atoms with Crippen LogP contribution in [0.4, 0.5) is 4.39 Å². The van der Waals surface area contributed by atoms with Gasteiger partial charge in [-0.3, -0.25) is 4.98 Å². The van der Waals surface area contributed by atoms with E-state index in [4.69, 9.17) is 32.7 Å². The maximum Gasteiger partial charge on any atom is 0.146 e. The lowest BCUT2D eigenvalue weighted by Gasteiger charge is -2.20. The quantitative estimate of drug-likeness (QED) is 0.240. The molecule has 0 spiro atoms. The molecule has 1 aromatic heterocycles. The van der Waals surface area contributed by atoms with Crippen molar-refractivity contribution in [3.8, 4) is 17.2 Å². The van der Waals surface area contributed by atoms with Crippen LogP contribution in [0.25, 0.3) is 0 Å². The normalized spacial score (nSPS) is 11.4. The van der Waals surface area contributed by atoms with Crippen molar-refractivity contribution in [1.29, 1.82) is 0 Å². The summed E-state index contributed by atoms with van der Waals surface area (Å²) in [6.07, 6.45) is 1.70. The first kappa shape index (κ1) is 30.5. The molecule has 1 heterocycles. The number of aromatic nitrogens is 1. The van der Waals surface area contributed by atoms with Gasteiger partial charge in [0.15, 0.2) is 0 Å². The molecule has 39 heavy (non-hydrogen) atoms. The molecule has 4 aromatic rings. The summed E-state index contributed by atoms with van der Waals surface area (Å²) in [5.74, 6) is 1.54. The zero-order valence-corrected chi connectivity index (χ0v) is 25.1. The molecule has 0 saturated heterocycles. The number of rotatable bonds is 5. The summed E-state index contributed by atoms with van der Waals surface area (Å²) in [4.78, 5) is 4.19. The molecule has 206 valence electrons. The maximum absolute atomic E-state index is 13.1.